The van der Waals surface area contributed by atoms with E-state index in [1.807, 2.05) is 0 Å². The Labute approximate surface area is 127 Å². The molecule has 114 valence electrons. The van der Waals surface area contributed by atoms with Crippen LogP contribution >= 0.6 is 12.4 Å². The molecule has 2 aromatic rings. The summed E-state index contributed by atoms with van der Waals surface area (Å²) in [6.07, 6.45) is 0.231. The second-order valence-corrected chi connectivity index (χ2v) is 4.48. The largest absolute Gasteiger partial charge is 0.396 e. The van der Waals surface area contributed by atoms with Gasteiger partial charge in [-0.25, -0.2) is 9.07 Å². The van der Waals surface area contributed by atoms with Crippen molar-refractivity contribution in [3.63, 3.8) is 0 Å². The van der Waals surface area contributed by atoms with Crippen LogP contribution in [0.1, 0.15) is 11.1 Å². The van der Waals surface area contributed by atoms with E-state index in [1.54, 1.807) is 25.1 Å². The van der Waals surface area contributed by atoms with Gasteiger partial charge in [-0.15, -0.1) is 12.4 Å². The molecule has 7 heteroatoms. The van der Waals surface area contributed by atoms with Crippen molar-refractivity contribution < 1.29 is 9.50 Å². The number of aliphatic hydroxyl groups excluding tert-OH is 1. The van der Waals surface area contributed by atoms with Crippen LogP contribution in [0.5, 0.6) is 0 Å². The normalized spacial score (nSPS) is 10.3. The molecule has 0 saturated carbocycles. The Morgan fingerprint density at radius 3 is 2.67 bits per heavy atom. The third-order valence-corrected chi connectivity index (χ3v) is 3.06. The van der Waals surface area contributed by atoms with Crippen LogP contribution in [0.2, 0.25) is 0 Å². The molecule has 0 aliphatic heterocycles. The summed E-state index contributed by atoms with van der Waals surface area (Å²) in [6.45, 7) is 1.48. The first-order chi connectivity index (χ1) is 9.56. The lowest BCUT2D eigenvalue weighted by Gasteiger charge is -2.09. The van der Waals surface area contributed by atoms with Gasteiger partial charge in [-0.1, -0.05) is 0 Å². The van der Waals surface area contributed by atoms with Gasteiger partial charge in [0.05, 0.1) is 12.4 Å². The van der Waals surface area contributed by atoms with Crippen molar-refractivity contribution in [1.82, 2.24) is 9.78 Å². The van der Waals surface area contributed by atoms with E-state index in [9.17, 15) is 9.18 Å². The molecule has 0 unspecified atom stereocenters. The van der Waals surface area contributed by atoms with E-state index in [2.05, 4.69) is 5.10 Å². The first kappa shape index (κ1) is 17.3. The zero-order valence-corrected chi connectivity index (χ0v) is 12.4. The second-order valence-electron chi connectivity index (χ2n) is 4.48. The highest BCUT2D eigenvalue weighted by Crippen LogP contribution is 2.19. The molecule has 0 spiro atoms. The van der Waals surface area contributed by atoms with Gasteiger partial charge in [0, 0.05) is 24.2 Å². The van der Waals surface area contributed by atoms with Crippen LogP contribution in [0.3, 0.4) is 0 Å². The molecule has 0 amide bonds. The van der Waals surface area contributed by atoms with E-state index in [1.165, 1.54) is 6.07 Å². The molecule has 1 aromatic heterocycles. The molecule has 1 aromatic carbocycles. The lowest BCUT2D eigenvalue weighted by atomic mass is 10.1. The molecule has 0 bridgehead atoms. The van der Waals surface area contributed by atoms with E-state index < -0.39 is 0 Å². The molecule has 21 heavy (non-hydrogen) atoms. The summed E-state index contributed by atoms with van der Waals surface area (Å²) in [6, 6.07) is 6.22. The van der Waals surface area contributed by atoms with Gasteiger partial charge in [-0.3, -0.25) is 4.79 Å². The van der Waals surface area contributed by atoms with Gasteiger partial charge < -0.3 is 10.8 Å². The monoisotopic (exact) mass is 313 g/mol. The summed E-state index contributed by atoms with van der Waals surface area (Å²) in [5.41, 5.74) is 7.34. The standard InChI is InChI=1S/C14H16FN3O2.ClH/c1-9-6-10(2-3-12(9)15)13-7-11(4-5-19)14(20)18(8-16)17-13;/h2-3,6-7,19H,4-5,8,16H2,1H3;1H. The number of nitrogens with two attached hydrogens (primary N) is 1. The minimum absolute atomic E-state index is 0. The number of nitrogens with zero attached hydrogens (tertiary/aromatic N) is 2. The summed E-state index contributed by atoms with van der Waals surface area (Å²) in [5, 5.41) is 13.2. The molecule has 0 saturated heterocycles. The Hall–Kier alpha value is -1.76. The quantitative estimate of drug-likeness (QED) is 0.889. The molecule has 0 fully saturated rings. The fourth-order valence-corrected chi connectivity index (χ4v) is 1.97. The van der Waals surface area contributed by atoms with Crippen molar-refractivity contribution >= 4 is 12.4 Å². The fraction of sp³-hybridized carbons (Fsp3) is 0.286. The number of hydrogen-bond acceptors (Lipinski definition) is 4. The SMILES string of the molecule is Cc1cc(-c2cc(CCO)c(=O)n(CN)n2)ccc1F.Cl. The van der Waals surface area contributed by atoms with E-state index >= 15 is 0 Å². The highest BCUT2D eigenvalue weighted by atomic mass is 35.5. The topological polar surface area (TPSA) is 81.1 Å². The Morgan fingerprint density at radius 2 is 2.10 bits per heavy atom. The molecule has 0 aliphatic carbocycles. The number of aliphatic hydroxyl groups is 1. The van der Waals surface area contributed by atoms with Gasteiger partial charge in [-0.2, -0.15) is 5.10 Å². The lowest BCUT2D eigenvalue weighted by molar-refractivity contribution is 0.298. The number of rotatable bonds is 4. The van der Waals surface area contributed by atoms with Crippen LogP contribution in [0.15, 0.2) is 29.1 Å². The first-order valence-corrected chi connectivity index (χ1v) is 6.25. The molecule has 0 aliphatic rings. The Bertz CT molecular complexity index is 688. The van der Waals surface area contributed by atoms with Crippen molar-refractivity contribution in [2.75, 3.05) is 6.61 Å². The van der Waals surface area contributed by atoms with Crippen LogP contribution in [0.4, 0.5) is 4.39 Å². The minimum Gasteiger partial charge on any atom is -0.396 e. The van der Waals surface area contributed by atoms with Gasteiger partial charge in [0.1, 0.15) is 5.82 Å². The minimum atomic E-state index is -0.316. The van der Waals surface area contributed by atoms with Crippen LogP contribution < -0.4 is 11.3 Å². The number of halogens is 2. The number of benzene rings is 1. The second kappa shape index (κ2) is 7.31. The van der Waals surface area contributed by atoms with E-state index in [0.717, 1.165) is 4.68 Å². The van der Waals surface area contributed by atoms with E-state index in [-0.39, 0.29) is 43.5 Å². The van der Waals surface area contributed by atoms with Crippen molar-refractivity contribution in [2.24, 2.45) is 5.73 Å². The highest BCUT2D eigenvalue weighted by Gasteiger charge is 2.10. The van der Waals surface area contributed by atoms with Gasteiger partial charge >= 0.3 is 0 Å². The maximum absolute atomic E-state index is 13.3. The third kappa shape index (κ3) is 3.66. The average Bonchev–Trinajstić information content (AvgIpc) is 2.44. The molecule has 3 N–H and O–H groups in total. The van der Waals surface area contributed by atoms with Gasteiger partial charge in [0.25, 0.3) is 5.56 Å². The molecular weight excluding hydrogens is 297 g/mol. The number of aromatic nitrogens is 2. The van der Waals surface area contributed by atoms with Crippen molar-refractivity contribution in [2.45, 2.75) is 20.0 Å². The zero-order valence-electron chi connectivity index (χ0n) is 11.5. The van der Waals surface area contributed by atoms with Gasteiger partial charge in [-0.05, 0) is 36.8 Å². The van der Waals surface area contributed by atoms with Crippen LogP contribution in [0, 0.1) is 12.7 Å². The maximum atomic E-state index is 13.3. The lowest BCUT2D eigenvalue weighted by Crippen LogP contribution is -2.30. The Morgan fingerprint density at radius 1 is 1.38 bits per heavy atom. The predicted molar refractivity (Wildman–Crippen MR) is 80.9 cm³/mol. The third-order valence-electron chi connectivity index (χ3n) is 3.06. The molecule has 1 heterocycles. The van der Waals surface area contributed by atoms with Crippen molar-refractivity contribution in [3.05, 3.63) is 51.6 Å². The van der Waals surface area contributed by atoms with E-state index in [0.29, 0.717) is 22.4 Å². The summed E-state index contributed by atoms with van der Waals surface area (Å²) in [4.78, 5) is 11.9. The number of hydrogen-bond donors (Lipinski definition) is 2. The molecule has 0 radical (unpaired) electrons. The van der Waals surface area contributed by atoms with Crippen LogP contribution in [-0.2, 0) is 13.1 Å². The number of aryl methyl sites for hydroxylation is 1. The Kier molecular flexibility index (Phi) is 6.02. The van der Waals surface area contributed by atoms with Crippen molar-refractivity contribution in [3.8, 4) is 11.3 Å². The van der Waals surface area contributed by atoms with Gasteiger partial charge in [0.15, 0.2) is 0 Å². The van der Waals surface area contributed by atoms with E-state index in [4.69, 9.17) is 10.8 Å². The highest BCUT2D eigenvalue weighted by molar-refractivity contribution is 5.85. The average molecular weight is 314 g/mol. The molecule has 5 nitrogen and oxygen atoms in total. The van der Waals surface area contributed by atoms with Crippen LogP contribution in [-0.4, -0.2) is 21.5 Å². The summed E-state index contributed by atoms with van der Waals surface area (Å²) in [7, 11) is 0. The smallest absolute Gasteiger partial charge is 0.271 e. The fourth-order valence-electron chi connectivity index (χ4n) is 1.97. The molecule has 0 atom stereocenters. The first-order valence-electron chi connectivity index (χ1n) is 6.25. The predicted octanol–water partition coefficient (Wildman–Crippen LogP) is 1.23. The zero-order chi connectivity index (χ0) is 14.7. The summed E-state index contributed by atoms with van der Waals surface area (Å²) < 4.78 is 14.4. The Balaban J connectivity index is 0.00000220. The molecule has 2 rings (SSSR count). The summed E-state index contributed by atoms with van der Waals surface area (Å²) >= 11 is 0. The molecular formula is C14H17ClFN3O2. The van der Waals surface area contributed by atoms with Gasteiger partial charge in [0.2, 0.25) is 0 Å². The van der Waals surface area contributed by atoms with Crippen molar-refractivity contribution in [1.29, 1.82) is 0 Å². The van der Waals surface area contributed by atoms with Crippen LogP contribution in [0.25, 0.3) is 11.3 Å². The summed E-state index contributed by atoms with van der Waals surface area (Å²) in [5.74, 6) is -0.295. The maximum Gasteiger partial charge on any atom is 0.271 e.